The van der Waals surface area contributed by atoms with Crippen molar-refractivity contribution in [3.8, 4) is 0 Å². The molecule has 0 aliphatic carbocycles. The van der Waals surface area contributed by atoms with Gasteiger partial charge >= 0.3 is 5.97 Å². The van der Waals surface area contributed by atoms with Gasteiger partial charge in [0.1, 0.15) is 0 Å². The molecule has 1 aliphatic heterocycles. The average Bonchev–Trinajstić information content (AvgIpc) is 2.38. The zero-order chi connectivity index (χ0) is 13.3. The number of carboxylic acids is 1. The third-order valence-corrected chi connectivity index (χ3v) is 5.63. The molecule has 1 fully saturated rings. The number of rotatable bonds is 3. The molecule has 0 radical (unpaired) electrons. The topological polar surface area (TPSA) is 74.7 Å². The number of sulfonamides is 1. The third-order valence-electron chi connectivity index (χ3n) is 3.45. The van der Waals surface area contributed by atoms with Crippen LogP contribution in [0, 0.1) is 5.41 Å². The van der Waals surface area contributed by atoms with E-state index in [0.717, 1.165) is 19.3 Å². The Morgan fingerprint density at radius 1 is 1.29 bits per heavy atom. The van der Waals surface area contributed by atoms with Crippen LogP contribution in [0.4, 0.5) is 0 Å². The lowest BCUT2D eigenvalue weighted by atomic mass is 9.85. The molecule has 0 aromatic carbocycles. The molecule has 0 bridgehead atoms. The molecule has 1 saturated heterocycles. The Balaban J connectivity index is 2.83. The molecule has 0 saturated carbocycles. The van der Waals surface area contributed by atoms with E-state index in [4.69, 9.17) is 5.11 Å². The van der Waals surface area contributed by atoms with Gasteiger partial charge in [0.05, 0.1) is 0 Å². The number of hydrogen-bond donors (Lipinski definition) is 1. The summed E-state index contributed by atoms with van der Waals surface area (Å²) in [6, 6.07) is 0. The first-order valence-electron chi connectivity index (χ1n) is 5.88. The first kappa shape index (κ1) is 14.4. The summed E-state index contributed by atoms with van der Waals surface area (Å²) < 4.78 is 25.4. The molecule has 1 rings (SSSR count). The van der Waals surface area contributed by atoms with Crippen molar-refractivity contribution in [3.05, 3.63) is 0 Å². The number of carbonyl (C=O) groups is 1. The maximum atomic E-state index is 12.0. The van der Waals surface area contributed by atoms with E-state index < -0.39 is 21.2 Å². The van der Waals surface area contributed by atoms with E-state index in [-0.39, 0.29) is 5.41 Å². The number of aliphatic carboxylic acids is 1. The van der Waals surface area contributed by atoms with Crippen LogP contribution in [0.2, 0.25) is 0 Å². The van der Waals surface area contributed by atoms with Crippen LogP contribution in [0.3, 0.4) is 0 Å². The monoisotopic (exact) mass is 263 g/mol. The molecule has 100 valence electrons. The predicted octanol–water partition coefficient (Wildman–Crippen LogP) is 1.30. The zero-order valence-electron chi connectivity index (χ0n) is 10.6. The molecule has 0 amide bonds. The largest absolute Gasteiger partial charge is 0.480 e. The van der Waals surface area contributed by atoms with Crippen LogP contribution in [0.15, 0.2) is 0 Å². The van der Waals surface area contributed by atoms with Crippen molar-refractivity contribution in [1.29, 1.82) is 0 Å². The fourth-order valence-corrected chi connectivity index (χ4v) is 3.43. The fraction of sp³-hybridized carbons (Fsp3) is 0.909. The summed E-state index contributed by atoms with van der Waals surface area (Å²) in [6.07, 6.45) is 2.54. The van der Waals surface area contributed by atoms with E-state index in [1.165, 1.54) is 11.2 Å². The SMILES string of the molecule is CC(C(=O)O)S(=O)(=O)N1CCCC(C)(C)CC1. The molecule has 17 heavy (non-hydrogen) atoms. The summed E-state index contributed by atoms with van der Waals surface area (Å²) in [4.78, 5) is 10.8. The Kier molecular flexibility index (Phi) is 4.19. The van der Waals surface area contributed by atoms with Gasteiger partial charge in [0.15, 0.2) is 5.25 Å². The third kappa shape index (κ3) is 3.42. The lowest BCUT2D eigenvalue weighted by Gasteiger charge is -2.24. The molecule has 1 atom stereocenters. The predicted molar refractivity (Wildman–Crippen MR) is 65.2 cm³/mol. The van der Waals surface area contributed by atoms with E-state index in [1.807, 2.05) is 0 Å². The maximum absolute atomic E-state index is 12.0. The van der Waals surface area contributed by atoms with Crippen molar-refractivity contribution in [3.63, 3.8) is 0 Å². The summed E-state index contributed by atoms with van der Waals surface area (Å²) in [5.74, 6) is -1.28. The highest BCUT2D eigenvalue weighted by atomic mass is 32.2. The Hall–Kier alpha value is -0.620. The Labute approximate surface area is 103 Å². The van der Waals surface area contributed by atoms with Gasteiger partial charge in [-0.3, -0.25) is 4.79 Å². The van der Waals surface area contributed by atoms with E-state index >= 15 is 0 Å². The minimum atomic E-state index is -3.70. The standard InChI is InChI=1S/C11H21NO4S/c1-9(10(13)14)17(15,16)12-7-4-5-11(2,3)6-8-12/h9H,4-8H2,1-3H3,(H,13,14). The molecular formula is C11H21NO4S. The Morgan fingerprint density at radius 3 is 2.41 bits per heavy atom. The van der Waals surface area contributed by atoms with Gasteiger partial charge in [-0.15, -0.1) is 0 Å². The first-order chi connectivity index (χ1) is 7.67. The maximum Gasteiger partial charge on any atom is 0.323 e. The number of carboxylic acid groups (broad SMARTS) is 1. The van der Waals surface area contributed by atoms with Crippen molar-refractivity contribution in [1.82, 2.24) is 4.31 Å². The quantitative estimate of drug-likeness (QED) is 0.833. The van der Waals surface area contributed by atoms with E-state index in [2.05, 4.69) is 13.8 Å². The van der Waals surface area contributed by atoms with Crippen LogP contribution in [0.25, 0.3) is 0 Å². The molecule has 1 aliphatic rings. The van der Waals surface area contributed by atoms with Crippen molar-refractivity contribution in [2.45, 2.75) is 45.3 Å². The minimum absolute atomic E-state index is 0.136. The smallest absolute Gasteiger partial charge is 0.323 e. The second-order valence-electron chi connectivity index (χ2n) is 5.44. The summed E-state index contributed by atoms with van der Waals surface area (Å²) >= 11 is 0. The van der Waals surface area contributed by atoms with Crippen molar-refractivity contribution >= 4 is 16.0 Å². The van der Waals surface area contributed by atoms with Crippen molar-refractivity contribution in [2.75, 3.05) is 13.1 Å². The summed E-state index contributed by atoms with van der Waals surface area (Å²) in [5.41, 5.74) is 0.136. The van der Waals surface area contributed by atoms with Crippen LogP contribution in [-0.2, 0) is 14.8 Å². The van der Waals surface area contributed by atoms with Gasteiger partial charge in [-0.05, 0) is 31.6 Å². The fourth-order valence-electron chi connectivity index (χ4n) is 2.00. The van der Waals surface area contributed by atoms with Crippen LogP contribution in [0.5, 0.6) is 0 Å². The average molecular weight is 263 g/mol. The number of nitrogens with zero attached hydrogens (tertiary/aromatic N) is 1. The van der Waals surface area contributed by atoms with E-state index in [9.17, 15) is 13.2 Å². The van der Waals surface area contributed by atoms with Crippen LogP contribution < -0.4 is 0 Å². The summed E-state index contributed by atoms with van der Waals surface area (Å²) in [6.45, 7) is 6.32. The minimum Gasteiger partial charge on any atom is -0.480 e. The van der Waals surface area contributed by atoms with Crippen molar-refractivity contribution in [2.24, 2.45) is 5.41 Å². The molecule has 6 heteroatoms. The Bertz CT molecular complexity index is 388. The van der Waals surface area contributed by atoms with Gasteiger partial charge in [-0.1, -0.05) is 13.8 Å². The van der Waals surface area contributed by atoms with Gasteiger partial charge < -0.3 is 5.11 Å². The lowest BCUT2D eigenvalue weighted by Crippen LogP contribution is -2.41. The van der Waals surface area contributed by atoms with Gasteiger partial charge in [-0.25, -0.2) is 12.7 Å². The molecule has 5 nitrogen and oxygen atoms in total. The molecule has 1 unspecified atom stereocenters. The molecule has 0 aromatic rings. The summed E-state index contributed by atoms with van der Waals surface area (Å²) in [5, 5.41) is 7.46. The normalized spacial score (nSPS) is 23.9. The van der Waals surface area contributed by atoms with Crippen LogP contribution in [0.1, 0.15) is 40.0 Å². The van der Waals surface area contributed by atoms with Gasteiger partial charge in [0.2, 0.25) is 10.0 Å². The highest BCUT2D eigenvalue weighted by Crippen LogP contribution is 2.31. The van der Waals surface area contributed by atoms with Gasteiger partial charge in [0, 0.05) is 13.1 Å². The first-order valence-corrected chi connectivity index (χ1v) is 7.39. The lowest BCUT2D eigenvalue weighted by molar-refractivity contribution is -0.136. The molecule has 0 aromatic heterocycles. The van der Waals surface area contributed by atoms with Crippen LogP contribution >= 0.6 is 0 Å². The molecular weight excluding hydrogens is 242 g/mol. The Morgan fingerprint density at radius 2 is 1.88 bits per heavy atom. The molecule has 0 spiro atoms. The second kappa shape index (κ2) is 4.94. The van der Waals surface area contributed by atoms with E-state index in [1.54, 1.807) is 0 Å². The molecule has 1 heterocycles. The van der Waals surface area contributed by atoms with Gasteiger partial charge in [-0.2, -0.15) is 0 Å². The van der Waals surface area contributed by atoms with Gasteiger partial charge in [0.25, 0.3) is 0 Å². The highest BCUT2D eigenvalue weighted by molar-refractivity contribution is 7.90. The highest BCUT2D eigenvalue weighted by Gasteiger charge is 2.36. The van der Waals surface area contributed by atoms with Crippen molar-refractivity contribution < 1.29 is 18.3 Å². The van der Waals surface area contributed by atoms with Crippen LogP contribution in [-0.4, -0.2) is 42.1 Å². The second-order valence-corrected chi connectivity index (χ2v) is 7.70. The zero-order valence-corrected chi connectivity index (χ0v) is 11.5. The molecule has 1 N–H and O–H groups in total. The summed E-state index contributed by atoms with van der Waals surface area (Å²) in [7, 11) is -3.70. The van der Waals surface area contributed by atoms with E-state index in [0.29, 0.717) is 13.1 Å². The number of hydrogen-bond acceptors (Lipinski definition) is 3.